The van der Waals surface area contributed by atoms with Gasteiger partial charge in [0.25, 0.3) is 5.56 Å². The molecule has 0 aliphatic heterocycles. The van der Waals surface area contributed by atoms with Gasteiger partial charge in [0.1, 0.15) is 0 Å². The van der Waals surface area contributed by atoms with Crippen LogP contribution in [0.25, 0.3) is 21.9 Å². The van der Waals surface area contributed by atoms with Crippen LogP contribution >= 0.6 is 11.3 Å². The molecule has 0 saturated heterocycles. The van der Waals surface area contributed by atoms with Crippen molar-refractivity contribution >= 4 is 28.3 Å². The number of rotatable bonds is 5. The second-order valence-corrected chi connectivity index (χ2v) is 7.24. The van der Waals surface area contributed by atoms with Gasteiger partial charge in [-0.1, -0.05) is 12.1 Å². The van der Waals surface area contributed by atoms with Gasteiger partial charge in [-0.15, -0.1) is 0 Å². The van der Waals surface area contributed by atoms with E-state index in [2.05, 4.69) is 9.98 Å². The second kappa shape index (κ2) is 7.81. The molecule has 0 aliphatic carbocycles. The predicted octanol–water partition coefficient (Wildman–Crippen LogP) is 4.30. The molecule has 146 valence electrons. The highest BCUT2D eigenvalue weighted by Gasteiger charge is 2.11. The third-order valence-electron chi connectivity index (χ3n) is 4.63. The van der Waals surface area contributed by atoms with Crippen molar-refractivity contribution in [2.75, 3.05) is 7.11 Å². The summed E-state index contributed by atoms with van der Waals surface area (Å²) in [4.78, 5) is 19.1. The van der Waals surface area contributed by atoms with Crippen molar-refractivity contribution in [2.45, 2.75) is 6.54 Å². The first kappa shape index (κ1) is 18.8. The number of pyridine rings is 1. The number of hydrogen-bond acceptors (Lipinski definition) is 6. The molecule has 6 nitrogen and oxygen atoms in total. The van der Waals surface area contributed by atoms with E-state index in [9.17, 15) is 15.0 Å². The number of aromatic amines is 1. The van der Waals surface area contributed by atoms with E-state index in [4.69, 9.17) is 4.74 Å². The summed E-state index contributed by atoms with van der Waals surface area (Å²) in [5.74, 6) is 0.201. The third-order valence-corrected chi connectivity index (χ3v) is 5.32. The number of phenolic OH excluding ortho intramolecular Hbond substituents is 1. The number of aromatic hydroxyl groups is 2. The molecule has 4 rings (SSSR count). The number of ether oxygens (including phenoxy) is 1. The maximum Gasteiger partial charge on any atom is 0.258 e. The van der Waals surface area contributed by atoms with Crippen LogP contribution in [0.3, 0.4) is 0 Å². The van der Waals surface area contributed by atoms with Crippen molar-refractivity contribution in [3.63, 3.8) is 0 Å². The van der Waals surface area contributed by atoms with Crippen molar-refractivity contribution in [3.8, 4) is 28.5 Å². The molecule has 4 aromatic rings. The van der Waals surface area contributed by atoms with Crippen LogP contribution in [0.4, 0.5) is 0 Å². The molecule has 7 heteroatoms. The minimum atomic E-state index is -0.355. The van der Waals surface area contributed by atoms with Crippen molar-refractivity contribution < 1.29 is 14.9 Å². The average molecular weight is 406 g/mol. The Morgan fingerprint density at radius 1 is 1.10 bits per heavy atom. The zero-order valence-corrected chi connectivity index (χ0v) is 16.4. The number of hydrogen-bond donors (Lipinski definition) is 3. The van der Waals surface area contributed by atoms with Gasteiger partial charge >= 0.3 is 0 Å². The fourth-order valence-electron chi connectivity index (χ4n) is 3.15. The number of fused-ring (bicyclic) bond motifs is 1. The Labute approximate surface area is 170 Å². The van der Waals surface area contributed by atoms with Gasteiger partial charge in [0, 0.05) is 17.0 Å². The molecule has 0 fully saturated rings. The average Bonchev–Trinajstić information content (AvgIpc) is 3.25. The van der Waals surface area contributed by atoms with Crippen molar-refractivity contribution in [3.05, 3.63) is 74.7 Å². The lowest BCUT2D eigenvalue weighted by Crippen LogP contribution is -2.08. The molecule has 2 aromatic heterocycles. The molecule has 3 N–H and O–H groups in total. The number of benzene rings is 2. The Balaban J connectivity index is 1.72. The number of methoxy groups -OCH3 is 1. The number of aromatic nitrogens is 1. The normalized spacial score (nSPS) is 11.3. The van der Waals surface area contributed by atoms with Crippen molar-refractivity contribution in [2.24, 2.45) is 4.99 Å². The highest BCUT2D eigenvalue weighted by atomic mass is 32.1. The first-order valence-corrected chi connectivity index (χ1v) is 9.78. The highest BCUT2D eigenvalue weighted by Crippen LogP contribution is 2.29. The fraction of sp³-hybridized carbons (Fsp3) is 0.0909. The molecule has 29 heavy (non-hydrogen) atoms. The summed E-state index contributed by atoms with van der Waals surface area (Å²) < 4.78 is 5.04. The van der Waals surface area contributed by atoms with E-state index in [-0.39, 0.29) is 17.2 Å². The molecule has 0 unspecified atom stereocenters. The molecule has 0 radical (unpaired) electrons. The number of thiophene rings is 1. The maximum absolute atomic E-state index is 12.2. The summed E-state index contributed by atoms with van der Waals surface area (Å²) >= 11 is 1.59. The van der Waals surface area contributed by atoms with Gasteiger partial charge in [0.15, 0.2) is 11.5 Å². The van der Waals surface area contributed by atoms with Crippen LogP contribution in [0.1, 0.15) is 11.1 Å². The second-order valence-electron chi connectivity index (χ2n) is 6.46. The number of nitrogens with one attached hydrogen (secondary N) is 1. The van der Waals surface area contributed by atoms with Gasteiger partial charge in [0.2, 0.25) is 5.88 Å². The fourth-order valence-corrected chi connectivity index (χ4v) is 3.82. The summed E-state index contributed by atoms with van der Waals surface area (Å²) in [5, 5.41) is 25.3. The molecule has 0 amide bonds. The van der Waals surface area contributed by atoms with Gasteiger partial charge in [-0.25, -0.2) is 0 Å². The monoisotopic (exact) mass is 406 g/mol. The van der Waals surface area contributed by atoms with E-state index in [0.29, 0.717) is 28.6 Å². The summed E-state index contributed by atoms with van der Waals surface area (Å²) in [6.45, 7) is 0.293. The Bertz CT molecular complexity index is 1260. The summed E-state index contributed by atoms with van der Waals surface area (Å²) in [6.07, 6.45) is 1.53. The van der Waals surface area contributed by atoms with Gasteiger partial charge in [-0.3, -0.25) is 14.8 Å². The topological polar surface area (TPSA) is 94.9 Å². The van der Waals surface area contributed by atoms with E-state index < -0.39 is 0 Å². The molecule has 0 spiro atoms. The summed E-state index contributed by atoms with van der Waals surface area (Å²) in [6, 6.07) is 12.6. The molecule has 0 atom stereocenters. The van der Waals surface area contributed by atoms with Gasteiger partial charge in [-0.2, -0.15) is 11.3 Å². The lowest BCUT2D eigenvalue weighted by atomic mass is 10.0. The Morgan fingerprint density at radius 2 is 1.97 bits per heavy atom. The number of phenols is 1. The van der Waals surface area contributed by atoms with E-state index >= 15 is 0 Å². The van der Waals surface area contributed by atoms with E-state index in [0.717, 1.165) is 16.7 Å². The summed E-state index contributed by atoms with van der Waals surface area (Å²) in [7, 11) is 1.49. The quantitative estimate of drug-likeness (QED) is 0.431. The SMILES string of the molecule is COc1ccc(CN=Cc2c(O)[nH]c(=O)c3ccc(-c4ccsc4)cc23)cc1O. The molecule has 0 bridgehead atoms. The van der Waals surface area contributed by atoms with E-state index in [1.165, 1.54) is 13.3 Å². The van der Waals surface area contributed by atoms with Gasteiger partial charge < -0.3 is 14.9 Å². The van der Waals surface area contributed by atoms with E-state index in [1.807, 2.05) is 29.0 Å². The smallest absolute Gasteiger partial charge is 0.258 e. The first-order valence-electron chi connectivity index (χ1n) is 8.84. The molecule has 2 aromatic carbocycles. The maximum atomic E-state index is 12.2. The Morgan fingerprint density at radius 3 is 2.69 bits per heavy atom. The third kappa shape index (κ3) is 3.72. The molecular formula is C22H18N2O4S. The van der Waals surface area contributed by atoms with Crippen LogP contribution in [0.5, 0.6) is 17.4 Å². The Kier molecular flexibility index (Phi) is 5.05. The zero-order chi connectivity index (χ0) is 20.4. The number of aliphatic imine (C=N–C) groups is 1. The van der Waals surface area contributed by atoms with Crippen LogP contribution in [0.15, 0.2) is 63.0 Å². The summed E-state index contributed by atoms with van der Waals surface area (Å²) in [5.41, 5.74) is 2.87. The van der Waals surface area contributed by atoms with Gasteiger partial charge in [0.05, 0.1) is 19.2 Å². The minimum absolute atomic E-state index is 0.0398. The van der Waals surface area contributed by atoms with Crippen LogP contribution < -0.4 is 10.3 Å². The highest BCUT2D eigenvalue weighted by molar-refractivity contribution is 7.08. The van der Waals surface area contributed by atoms with Crippen molar-refractivity contribution in [1.82, 2.24) is 4.98 Å². The predicted molar refractivity (Wildman–Crippen MR) is 116 cm³/mol. The number of H-pyrrole nitrogens is 1. The molecule has 2 heterocycles. The van der Waals surface area contributed by atoms with Crippen LogP contribution in [0, 0.1) is 0 Å². The van der Waals surface area contributed by atoms with Gasteiger partial charge in [-0.05, 0) is 57.8 Å². The lowest BCUT2D eigenvalue weighted by Gasteiger charge is -2.07. The molecule has 0 saturated carbocycles. The minimum Gasteiger partial charge on any atom is -0.504 e. The van der Waals surface area contributed by atoms with Crippen LogP contribution in [-0.4, -0.2) is 28.5 Å². The molecule has 0 aliphatic rings. The molecular weight excluding hydrogens is 388 g/mol. The largest absolute Gasteiger partial charge is 0.504 e. The standard InChI is InChI=1S/C22H18N2O4S/c1-28-20-5-2-13(8-19(20)25)10-23-11-18-17-9-14(15-6-7-29-12-15)3-4-16(17)21(26)24-22(18)27/h2-9,11-12,25H,10H2,1H3,(H2,24,26,27). The number of nitrogens with zero attached hydrogens (tertiary/aromatic N) is 1. The van der Waals surface area contributed by atoms with Crippen molar-refractivity contribution in [1.29, 1.82) is 0 Å². The zero-order valence-electron chi connectivity index (χ0n) is 15.5. The van der Waals surface area contributed by atoms with Crippen LogP contribution in [-0.2, 0) is 6.54 Å². The van der Waals surface area contributed by atoms with Crippen LogP contribution in [0.2, 0.25) is 0 Å². The van der Waals surface area contributed by atoms with E-state index in [1.54, 1.807) is 35.6 Å². The first-order chi connectivity index (χ1) is 14.1. The lowest BCUT2D eigenvalue weighted by molar-refractivity contribution is 0.373. The Hall–Kier alpha value is -3.58.